The SMILES string of the molecule is C=Cc1ccc(C)cc1.CC[O-].CC[O-].CC[O-].CC[O-].CC[O-].[Ta+5]. The summed E-state index contributed by atoms with van der Waals surface area (Å²) in [5, 5.41) is 44.7. The van der Waals surface area contributed by atoms with Crippen molar-refractivity contribution in [3.8, 4) is 0 Å². The van der Waals surface area contributed by atoms with Crippen LogP contribution < -0.4 is 25.5 Å². The molecule has 25 heavy (non-hydrogen) atoms. The van der Waals surface area contributed by atoms with E-state index in [0.717, 1.165) is 0 Å². The Morgan fingerprint density at radius 2 is 0.880 bits per heavy atom. The maximum Gasteiger partial charge on any atom is 5.00 e. The standard InChI is InChI=1S/C9H10.5C2H5O.Ta/c1-3-9-6-4-8(2)5-7-9;5*1-2-3;/h3-7H,1H2,2H3;5*2H2,1H3;/q;5*-1;+5. The van der Waals surface area contributed by atoms with E-state index in [1.165, 1.54) is 11.1 Å². The van der Waals surface area contributed by atoms with Gasteiger partial charge in [0.05, 0.1) is 0 Å². The molecule has 0 fully saturated rings. The van der Waals surface area contributed by atoms with Crippen LogP contribution in [-0.4, -0.2) is 33.0 Å². The van der Waals surface area contributed by atoms with Crippen LogP contribution in [0.3, 0.4) is 0 Å². The quantitative estimate of drug-likeness (QED) is 0.490. The fraction of sp³-hybridized carbons (Fsp3) is 0.579. The minimum atomic E-state index is 0. The van der Waals surface area contributed by atoms with E-state index in [2.05, 4.69) is 37.8 Å². The van der Waals surface area contributed by atoms with Gasteiger partial charge in [-0.3, -0.25) is 0 Å². The largest absolute Gasteiger partial charge is 5.00 e. The van der Waals surface area contributed by atoms with Crippen molar-refractivity contribution in [3.05, 3.63) is 42.0 Å². The molecule has 0 N–H and O–H groups in total. The minimum Gasteiger partial charge on any atom is -0.855 e. The third-order valence-electron chi connectivity index (χ3n) is 1.31. The fourth-order valence-electron chi connectivity index (χ4n) is 0.703. The Morgan fingerprint density at radius 1 is 0.680 bits per heavy atom. The second kappa shape index (κ2) is 49.5. The first-order valence-electron chi connectivity index (χ1n) is 8.00. The molecule has 0 saturated carbocycles. The van der Waals surface area contributed by atoms with E-state index in [-0.39, 0.29) is 55.4 Å². The van der Waals surface area contributed by atoms with Crippen molar-refractivity contribution in [2.75, 3.05) is 33.0 Å². The molecule has 0 aliphatic heterocycles. The molecule has 0 atom stereocenters. The molecule has 0 saturated heterocycles. The minimum absolute atomic E-state index is 0. The monoisotopic (exact) mass is 524 g/mol. The van der Waals surface area contributed by atoms with E-state index in [1.807, 2.05) is 6.08 Å². The van der Waals surface area contributed by atoms with E-state index < -0.39 is 0 Å². The van der Waals surface area contributed by atoms with Crippen LogP contribution in [0.4, 0.5) is 0 Å². The zero-order valence-electron chi connectivity index (χ0n) is 16.6. The summed E-state index contributed by atoms with van der Waals surface area (Å²) >= 11 is 0. The van der Waals surface area contributed by atoms with E-state index in [0.29, 0.717) is 0 Å². The normalized spacial score (nSPS) is 6.84. The summed E-state index contributed by atoms with van der Waals surface area (Å²) in [7, 11) is 0. The van der Waals surface area contributed by atoms with E-state index >= 15 is 0 Å². The summed E-state index contributed by atoms with van der Waals surface area (Å²) in [6, 6.07) is 8.28. The molecule has 0 amide bonds. The Hall–Kier alpha value is -0.500. The Labute approximate surface area is 170 Å². The van der Waals surface area contributed by atoms with Crippen LogP contribution in [0.2, 0.25) is 0 Å². The van der Waals surface area contributed by atoms with Crippen molar-refractivity contribution in [2.45, 2.75) is 41.5 Å². The third kappa shape index (κ3) is 82.1. The first-order valence-corrected chi connectivity index (χ1v) is 8.00. The molecule has 0 unspecified atom stereocenters. The van der Waals surface area contributed by atoms with Gasteiger partial charge in [0.25, 0.3) is 0 Å². The van der Waals surface area contributed by atoms with Gasteiger partial charge in [0.15, 0.2) is 0 Å². The van der Waals surface area contributed by atoms with E-state index in [1.54, 1.807) is 34.6 Å². The molecule has 0 aliphatic rings. The molecule has 146 valence electrons. The van der Waals surface area contributed by atoms with Crippen molar-refractivity contribution in [1.82, 2.24) is 0 Å². The molecule has 1 aromatic carbocycles. The van der Waals surface area contributed by atoms with Crippen molar-refractivity contribution in [3.63, 3.8) is 0 Å². The molecule has 0 spiro atoms. The molecule has 5 nitrogen and oxygen atoms in total. The predicted molar refractivity (Wildman–Crippen MR) is 94.0 cm³/mol. The van der Waals surface area contributed by atoms with E-state index in [4.69, 9.17) is 25.5 Å². The van der Waals surface area contributed by atoms with Gasteiger partial charge in [-0.1, -0.05) is 77.1 Å². The van der Waals surface area contributed by atoms with Gasteiger partial charge in [0.2, 0.25) is 0 Å². The van der Waals surface area contributed by atoms with Crippen LogP contribution in [-0.2, 0) is 22.4 Å². The van der Waals surface area contributed by atoms with E-state index in [9.17, 15) is 0 Å². The van der Waals surface area contributed by atoms with Crippen LogP contribution in [0.25, 0.3) is 6.08 Å². The smallest absolute Gasteiger partial charge is 0.855 e. The van der Waals surface area contributed by atoms with Gasteiger partial charge in [-0.15, -0.1) is 33.0 Å². The summed E-state index contributed by atoms with van der Waals surface area (Å²) in [5.74, 6) is 0. The summed E-state index contributed by atoms with van der Waals surface area (Å²) in [4.78, 5) is 0. The Kier molecular flexibility index (Phi) is 78.3. The summed E-state index contributed by atoms with van der Waals surface area (Å²) in [5.41, 5.74) is 2.47. The van der Waals surface area contributed by atoms with Gasteiger partial charge < -0.3 is 25.5 Å². The second-order valence-electron chi connectivity index (χ2n) is 3.56. The van der Waals surface area contributed by atoms with Crippen molar-refractivity contribution >= 4 is 6.08 Å². The maximum absolute atomic E-state index is 8.93. The van der Waals surface area contributed by atoms with Gasteiger partial charge in [-0.25, -0.2) is 0 Å². The number of benzene rings is 1. The predicted octanol–water partition coefficient (Wildman–Crippen LogP) is -0.531. The van der Waals surface area contributed by atoms with Crippen LogP contribution >= 0.6 is 0 Å². The molecule has 6 heteroatoms. The zero-order chi connectivity index (χ0) is 20.2. The fourth-order valence-corrected chi connectivity index (χ4v) is 0.703. The molecule has 0 aromatic heterocycles. The average molecular weight is 524 g/mol. The number of hydrogen-bond donors (Lipinski definition) is 0. The van der Waals surface area contributed by atoms with Gasteiger partial charge in [0.1, 0.15) is 0 Å². The van der Waals surface area contributed by atoms with Crippen molar-refractivity contribution in [2.24, 2.45) is 0 Å². The molecule has 0 radical (unpaired) electrons. The van der Waals surface area contributed by atoms with Gasteiger partial charge in [-0.2, -0.15) is 0 Å². The number of hydrogen-bond acceptors (Lipinski definition) is 5. The zero-order valence-corrected chi connectivity index (χ0v) is 19.8. The topological polar surface area (TPSA) is 115 Å². The third-order valence-corrected chi connectivity index (χ3v) is 1.31. The summed E-state index contributed by atoms with van der Waals surface area (Å²) < 4.78 is 0. The number of rotatable bonds is 1. The van der Waals surface area contributed by atoms with Crippen molar-refractivity contribution < 1.29 is 47.9 Å². The van der Waals surface area contributed by atoms with Gasteiger partial charge in [0, 0.05) is 0 Å². The average Bonchev–Trinajstić information content (AvgIpc) is 2.52. The Bertz CT molecular complexity index is 268. The van der Waals surface area contributed by atoms with Crippen LogP contribution in [0.15, 0.2) is 30.8 Å². The molecule has 0 aliphatic carbocycles. The molecule has 0 heterocycles. The first-order chi connectivity index (χ1) is 11.4. The van der Waals surface area contributed by atoms with Crippen molar-refractivity contribution in [1.29, 1.82) is 0 Å². The second-order valence-corrected chi connectivity index (χ2v) is 3.56. The Morgan fingerprint density at radius 3 is 1.04 bits per heavy atom. The van der Waals surface area contributed by atoms with Crippen LogP contribution in [0.5, 0.6) is 0 Å². The first kappa shape index (κ1) is 39.5. The summed E-state index contributed by atoms with van der Waals surface area (Å²) in [6.07, 6.45) is 1.85. The summed E-state index contributed by atoms with van der Waals surface area (Å²) in [6.45, 7) is 13.6. The van der Waals surface area contributed by atoms with Gasteiger partial charge >= 0.3 is 22.4 Å². The molecule has 1 rings (SSSR count). The van der Waals surface area contributed by atoms with Crippen LogP contribution in [0, 0.1) is 6.92 Å². The Balaban J connectivity index is -0.0000000483. The van der Waals surface area contributed by atoms with Crippen LogP contribution in [0.1, 0.15) is 45.7 Å². The van der Waals surface area contributed by atoms with Gasteiger partial charge in [-0.05, 0) is 12.5 Å². The molecular formula is C19H35O5Ta. The maximum atomic E-state index is 8.93. The number of aryl methyl sites for hydroxylation is 1. The molecule has 1 aromatic rings. The molecule has 0 bridgehead atoms. The molecular weight excluding hydrogens is 489 g/mol.